The zero-order valence-electron chi connectivity index (χ0n) is 23.6. The maximum Gasteiger partial charge on any atom is 0.409 e. The topological polar surface area (TPSA) is 117 Å². The lowest BCUT2D eigenvalue weighted by molar-refractivity contribution is -0.384. The number of carbonyl (C=O) groups excluding carboxylic acids is 2. The number of hydrogen-bond donors (Lipinski definition) is 0. The Balaban J connectivity index is 1.70. The van der Waals surface area contributed by atoms with Gasteiger partial charge in [-0.2, -0.15) is 0 Å². The molecule has 10 nitrogen and oxygen atoms in total. The monoisotopic (exact) mass is 570 g/mol. The van der Waals surface area contributed by atoms with E-state index in [-0.39, 0.29) is 18.3 Å². The molecule has 216 valence electrons. The molecule has 0 radical (unpaired) electrons. The second-order valence-corrected chi connectivity index (χ2v) is 11.5. The van der Waals surface area contributed by atoms with Crippen LogP contribution in [0.5, 0.6) is 0 Å². The predicted octanol–water partition coefficient (Wildman–Crippen LogP) is 6.25. The number of aromatic nitrogens is 2. The molecule has 0 bridgehead atoms. The summed E-state index contributed by atoms with van der Waals surface area (Å²) >= 11 is 1.43. The van der Waals surface area contributed by atoms with Crippen molar-refractivity contribution >= 4 is 40.5 Å². The minimum Gasteiger partial charge on any atom is -0.459 e. The molecule has 0 fully saturated rings. The van der Waals surface area contributed by atoms with Gasteiger partial charge < -0.3 is 18.9 Å². The van der Waals surface area contributed by atoms with E-state index in [2.05, 4.69) is 4.98 Å². The van der Waals surface area contributed by atoms with Crippen LogP contribution in [0.1, 0.15) is 52.5 Å². The largest absolute Gasteiger partial charge is 0.459 e. The second-order valence-electron chi connectivity index (χ2n) is 10.4. The molecular weight excluding hydrogens is 532 g/mol. The maximum atomic E-state index is 12.8. The van der Waals surface area contributed by atoms with Crippen LogP contribution in [0, 0.1) is 10.1 Å². The first kappa shape index (κ1) is 30.9. The third-order valence-corrected chi connectivity index (χ3v) is 6.98. The minimum atomic E-state index is -0.644. The molecule has 0 atom stereocenters. The fraction of sp³-hybridized carbons (Fsp3) is 0.483. The molecular formula is C29H38N4O6S. The van der Waals surface area contributed by atoms with Crippen LogP contribution in [0.2, 0.25) is 0 Å². The van der Waals surface area contributed by atoms with Crippen molar-refractivity contribution in [3.05, 3.63) is 64.2 Å². The molecule has 1 heterocycles. The number of imidazole rings is 1. The number of nitro groups is 1. The first-order chi connectivity index (χ1) is 19.1. The molecule has 0 aliphatic heterocycles. The third kappa shape index (κ3) is 9.55. The number of carbonyl (C=O) groups is 2. The van der Waals surface area contributed by atoms with E-state index in [1.807, 2.05) is 37.3 Å². The number of fused-ring (bicyclic) bond motifs is 1. The molecule has 11 heteroatoms. The first-order valence-electron chi connectivity index (χ1n) is 13.5. The fourth-order valence-electron chi connectivity index (χ4n) is 3.99. The highest BCUT2D eigenvalue weighted by Gasteiger charge is 2.21. The summed E-state index contributed by atoms with van der Waals surface area (Å²) in [6.07, 6.45) is 2.83. The predicted molar refractivity (Wildman–Crippen MR) is 156 cm³/mol. The number of benzene rings is 2. The number of non-ortho nitro benzene ring substituents is 1. The van der Waals surface area contributed by atoms with Gasteiger partial charge in [0.05, 0.1) is 22.6 Å². The smallest absolute Gasteiger partial charge is 0.409 e. The van der Waals surface area contributed by atoms with E-state index in [0.29, 0.717) is 48.1 Å². The molecule has 2 aromatic carbocycles. The zero-order chi connectivity index (χ0) is 29.1. The normalized spacial score (nSPS) is 11.4. The molecule has 0 aliphatic carbocycles. The molecule has 1 amide bonds. The number of nitro benzene ring substituents is 1. The Bertz CT molecular complexity index is 1290. The number of esters is 1. The fourth-order valence-corrected chi connectivity index (χ4v) is 4.93. The van der Waals surface area contributed by atoms with Crippen molar-refractivity contribution in [3.63, 3.8) is 0 Å². The number of rotatable bonds is 14. The molecule has 0 saturated carbocycles. The Kier molecular flexibility index (Phi) is 11.4. The van der Waals surface area contributed by atoms with E-state index in [4.69, 9.17) is 9.47 Å². The summed E-state index contributed by atoms with van der Waals surface area (Å²) in [5.74, 6) is 0.193. The number of ether oxygens (including phenoxy) is 2. The molecule has 1 aromatic heterocycles. The van der Waals surface area contributed by atoms with Gasteiger partial charge in [0.2, 0.25) is 0 Å². The molecule has 0 aliphatic rings. The Labute approximate surface area is 239 Å². The highest BCUT2D eigenvalue weighted by Crippen LogP contribution is 2.28. The van der Waals surface area contributed by atoms with E-state index >= 15 is 0 Å². The van der Waals surface area contributed by atoms with Gasteiger partial charge in [0.15, 0.2) is 5.16 Å². The van der Waals surface area contributed by atoms with Gasteiger partial charge in [-0.25, -0.2) is 9.78 Å². The summed E-state index contributed by atoms with van der Waals surface area (Å²) in [5, 5.41) is 11.8. The highest BCUT2D eigenvalue weighted by atomic mass is 32.2. The summed E-state index contributed by atoms with van der Waals surface area (Å²) in [5.41, 5.74) is 1.48. The Morgan fingerprint density at radius 3 is 2.52 bits per heavy atom. The summed E-state index contributed by atoms with van der Waals surface area (Å²) in [7, 11) is 0. The van der Waals surface area contributed by atoms with Crippen LogP contribution in [-0.2, 0) is 27.2 Å². The van der Waals surface area contributed by atoms with Gasteiger partial charge >= 0.3 is 12.1 Å². The molecule has 3 aromatic rings. The van der Waals surface area contributed by atoms with Crippen LogP contribution in [0.3, 0.4) is 0 Å². The molecule has 0 spiro atoms. The number of hydrogen-bond acceptors (Lipinski definition) is 8. The highest BCUT2D eigenvalue weighted by molar-refractivity contribution is 7.99. The third-order valence-electron chi connectivity index (χ3n) is 5.91. The molecule has 40 heavy (non-hydrogen) atoms. The van der Waals surface area contributed by atoms with Crippen molar-refractivity contribution in [3.8, 4) is 0 Å². The van der Waals surface area contributed by atoms with Crippen molar-refractivity contribution in [2.45, 2.75) is 70.7 Å². The Morgan fingerprint density at radius 2 is 1.85 bits per heavy atom. The molecule has 0 saturated heterocycles. The number of nitrogens with zero attached hydrogens (tertiary/aromatic N) is 4. The second kappa shape index (κ2) is 14.7. The molecule has 0 unspecified atom stereocenters. The van der Waals surface area contributed by atoms with E-state index in [0.717, 1.165) is 24.8 Å². The Morgan fingerprint density at radius 1 is 1.10 bits per heavy atom. The van der Waals surface area contributed by atoms with E-state index in [1.165, 1.54) is 23.9 Å². The lowest BCUT2D eigenvalue weighted by Gasteiger charge is -2.22. The van der Waals surface area contributed by atoms with Gasteiger partial charge in [-0.1, -0.05) is 55.4 Å². The van der Waals surface area contributed by atoms with Crippen molar-refractivity contribution in [2.75, 3.05) is 25.4 Å². The average Bonchev–Trinajstić information content (AvgIpc) is 3.23. The summed E-state index contributed by atoms with van der Waals surface area (Å²) in [6, 6.07) is 14.4. The Hall–Kier alpha value is -3.60. The van der Waals surface area contributed by atoms with Crippen LogP contribution < -0.4 is 0 Å². The SMILES string of the molecule is CCCCOC(=O)N(CCCSc1nc2cc([N+](=O)[O-])ccc2n1CC(=O)OC(C)(C)C)CCc1ccccc1. The van der Waals surface area contributed by atoms with Gasteiger partial charge in [0.25, 0.3) is 5.69 Å². The standard InChI is InChI=1S/C29H38N4O6S/c1-5-6-18-38-28(35)31(17-15-22-11-8-7-9-12-22)16-10-19-40-27-30-24-20-23(33(36)37)13-14-25(24)32(27)21-26(34)39-29(2,3)4/h7-9,11-14,20H,5-6,10,15-19,21H2,1-4H3. The van der Waals surface area contributed by atoms with Crippen molar-refractivity contribution in [1.82, 2.24) is 14.5 Å². The summed E-state index contributed by atoms with van der Waals surface area (Å²) < 4.78 is 12.7. The van der Waals surface area contributed by atoms with Crippen LogP contribution in [-0.4, -0.2) is 62.5 Å². The van der Waals surface area contributed by atoms with Gasteiger partial charge in [-0.05, 0) is 51.7 Å². The average molecular weight is 571 g/mol. The van der Waals surface area contributed by atoms with Crippen molar-refractivity contribution in [1.29, 1.82) is 0 Å². The van der Waals surface area contributed by atoms with E-state index in [1.54, 1.807) is 36.3 Å². The van der Waals surface area contributed by atoms with Crippen LogP contribution in [0.25, 0.3) is 11.0 Å². The lowest BCUT2D eigenvalue weighted by Crippen LogP contribution is -2.34. The van der Waals surface area contributed by atoms with Crippen LogP contribution >= 0.6 is 11.8 Å². The van der Waals surface area contributed by atoms with Gasteiger partial charge in [-0.3, -0.25) is 14.9 Å². The summed E-state index contributed by atoms with van der Waals surface area (Å²) in [6.45, 7) is 8.81. The van der Waals surface area contributed by atoms with Gasteiger partial charge in [0, 0.05) is 31.0 Å². The maximum absolute atomic E-state index is 12.8. The number of thioether (sulfide) groups is 1. The van der Waals surface area contributed by atoms with Gasteiger partial charge in [-0.15, -0.1) is 0 Å². The minimum absolute atomic E-state index is 0.0680. The number of unbranched alkanes of at least 4 members (excludes halogenated alkanes) is 1. The van der Waals surface area contributed by atoms with E-state index < -0.39 is 16.5 Å². The lowest BCUT2D eigenvalue weighted by atomic mass is 10.1. The zero-order valence-corrected chi connectivity index (χ0v) is 24.4. The first-order valence-corrected chi connectivity index (χ1v) is 14.5. The van der Waals surface area contributed by atoms with Crippen molar-refractivity contribution < 1.29 is 24.0 Å². The van der Waals surface area contributed by atoms with Gasteiger partial charge in [0.1, 0.15) is 12.1 Å². The van der Waals surface area contributed by atoms with Crippen LogP contribution in [0.4, 0.5) is 10.5 Å². The quantitative estimate of drug-likeness (QED) is 0.0734. The molecule has 3 rings (SSSR count). The van der Waals surface area contributed by atoms with Crippen LogP contribution in [0.15, 0.2) is 53.7 Å². The molecule has 0 N–H and O–H groups in total. The van der Waals surface area contributed by atoms with Crippen molar-refractivity contribution in [2.24, 2.45) is 0 Å². The van der Waals surface area contributed by atoms with E-state index in [9.17, 15) is 19.7 Å². The number of amides is 1. The summed E-state index contributed by atoms with van der Waals surface area (Å²) in [4.78, 5) is 42.5.